The minimum Gasteiger partial charge on any atom is -0.478 e. The molecule has 33 heavy (non-hydrogen) atoms. The van der Waals surface area contributed by atoms with Gasteiger partial charge in [0.25, 0.3) is 5.91 Å². The average molecular weight is 452 g/mol. The molecule has 2 fully saturated rings. The Balaban J connectivity index is 1.13. The summed E-state index contributed by atoms with van der Waals surface area (Å²) in [5.41, 5.74) is 3.18. The average Bonchev–Trinajstić information content (AvgIpc) is 2.85. The van der Waals surface area contributed by atoms with Gasteiger partial charge in [-0.1, -0.05) is 31.4 Å². The van der Waals surface area contributed by atoms with E-state index in [1.807, 2.05) is 24.3 Å². The van der Waals surface area contributed by atoms with Crippen molar-refractivity contribution in [3.8, 4) is 5.75 Å². The van der Waals surface area contributed by atoms with Gasteiger partial charge in [-0.15, -0.1) is 0 Å². The Kier molecular flexibility index (Phi) is 6.81. The van der Waals surface area contributed by atoms with Crippen molar-refractivity contribution in [2.45, 2.75) is 57.0 Å². The molecule has 6 heteroatoms. The van der Waals surface area contributed by atoms with Crippen molar-refractivity contribution in [2.24, 2.45) is 0 Å². The predicted octanol–water partition coefficient (Wildman–Crippen LogP) is 5.18. The maximum Gasteiger partial charge on any atom is 0.265 e. The number of rotatable bonds is 6. The van der Waals surface area contributed by atoms with Gasteiger partial charge in [0.15, 0.2) is 6.10 Å². The van der Waals surface area contributed by atoms with E-state index in [0.29, 0.717) is 5.92 Å². The first-order chi connectivity index (χ1) is 16.2. The Hall–Kier alpha value is -2.60. The topological polar surface area (TPSA) is 44.8 Å². The van der Waals surface area contributed by atoms with E-state index >= 15 is 0 Å². The Morgan fingerprint density at radius 3 is 2.48 bits per heavy atom. The van der Waals surface area contributed by atoms with Crippen LogP contribution >= 0.6 is 0 Å². The largest absolute Gasteiger partial charge is 0.478 e. The second-order valence-electron chi connectivity index (χ2n) is 9.60. The van der Waals surface area contributed by atoms with E-state index in [0.717, 1.165) is 62.7 Å². The molecule has 2 heterocycles. The fourth-order valence-corrected chi connectivity index (χ4v) is 5.50. The lowest BCUT2D eigenvalue weighted by molar-refractivity contribution is -0.123. The van der Waals surface area contributed by atoms with Crippen molar-refractivity contribution in [1.29, 1.82) is 0 Å². The highest BCUT2D eigenvalue weighted by molar-refractivity contribution is 5.98. The SMILES string of the molecule is O=C1Nc2cccc(C3CCCCC3)c2OC1CCCN1CCN(c2ccc(F)cc2)CC1. The molecule has 0 aromatic heterocycles. The molecule has 2 aromatic rings. The Morgan fingerprint density at radius 1 is 0.970 bits per heavy atom. The maximum atomic E-state index is 13.2. The highest BCUT2D eigenvalue weighted by Crippen LogP contribution is 2.43. The number of piperazine rings is 1. The zero-order valence-corrected chi connectivity index (χ0v) is 19.3. The van der Waals surface area contributed by atoms with Crippen LogP contribution < -0.4 is 15.0 Å². The minimum absolute atomic E-state index is 0.0237. The molecular weight excluding hydrogens is 417 g/mol. The van der Waals surface area contributed by atoms with Crippen LogP contribution in [0.3, 0.4) is 0 Å². The number of anilines is 2. The molecule has 1 saturated carbocycles. The monoisotopic (exact) mass is 451 g/mol. The van der Waals surface area contributed by atoms with Gasteiger partial charge in [0.2, 0.25) is 0 Å². The first kappa shape index (κ1) is 22.2. The molecule has 1 aliphatic carbocycles. The predicted molar refractivity (Wildman–Crippen MR) is 130 cm³/mol. The van der Waals surface area contributed by atoms with Crippen molar-refractivity contribution >= 4 is 17.3 Å². The summed E-state index contributed by atoms with van der Waals surface area (Å²) in [6, 6.07) is 12.9. The molecule has 1 unspecified atom stereocenters. The number of fused-ring (bicyclic) bond motifs is 1. The maximum absolute atomic E-state index is 13.2. The first-order valence-corrected chi connectivity index (χ1v) is 12.5. The molecule has 1 N–H and O–H groups in total. The van der Waals surface area contributed by atoms with E-state index in [4.69, 9.17) is 4.74 Å². The zero-order chi connectivity index (χ0) is 22.6. The van der Waals surface area contributed by atoms with Crippen LogP contribution in [0.1, 0.15) is 56.4 Å². The number of ether oxygens (including phenoxy) is 1. The number of amides is 1. The van der Waals surface area contributed by atoms with E-state index in [1.165, 1.54) is 49.8 Å². The molecule has 0 bridgehead atoms. The van der Waals surface area contributed by atoms with E-state index in [2.05, 4.69) is 21.2 Å². The molecule has 0 radical (unpaired) electrons. The van der Waals surface area contributed by atoms with Gasteiger partial charge in [-0.05, 0) is 74.0 Å². The summed E-state index contributed by atoms with van der Waals surface area (Å²) in [4.78, 5) is 17.4. The zero-order valence-electron chi connectivity index (χ0n) is 19.3. The number of nitrogens with one attached hydrogen (secondary N) is 1. The molecular formula is C27H34FN3O2. The quantitative estimate of drug-likeness (QED) is 0.658. The molecule has 2 aliphatic heterocycles. The Labute approximate surface area is 195 Å². The summed E-state index contributed by atoms with van der Waals surface area (Å²) in [7, 11) is 0. The number of nitrogens with zero attached hydrogens (tertiary/aromatic N) is 2. The molecule has 0 spiro atoms. The number of para-hydroxylation sites is 1. The highest BCUT2D eigenvalue weighted by atomic mass is 19.1. The molecule has 5 rings (SSSR count). The van der Waals surface area contributed by atoms with Gasteiger partial charge in [-0.25, -0.2) is 4.39 Å². The van der Waals surface area contributed by atoms with Crippen LogP contribution in [-0.2, 0) is 4.79 Å². The number of benzene rings is 2. The summed E-state index contributed by atoms with van der Waals surface area (Å²) < 4.78 is 19.5. The Bertz CT molecular complexity index is 950. The van der Waals surface area contributed by atoms with Crippen LogP contribution in [0.4, 0.5) is 15.8 Å². The summed E-state index contributed by atoms with van der Waals surface area (Å²) in [6.45, 7) is 4.78. The van der Waals surface area contributed by atoms with Gasteiger partial charge in [-0.2, -0.15) is 0 Å². The van der Waals surface area contributed by atoms with Crippen molar-refractivity contribution in [3.05, 3.63) is 53.8 Å². The summed E-state index contributed by atoms with van der Waals surface area (Å²) in [5, 5.41) is 3.09. The molecule has 1 saturated heterocycles. The summed E-state index contributed by atoms with van der Waals surface area (Å²) >= 11 is 0. The molecule has 2 aromatic carbocycles. The third-order valence-electron chi connectivity index (χ3n) is 7.41. The van der Waals surface area contributed by atoms with Gasteiger partial charge < -0.3 is 15.0 Å². The van der Waals surface area contributed by atoms with E-state index < -0.39 is 6.10 Å². The number of hydrogen-bond donors (Lipinski definition) is 1. The normalized spacial score (nSPS) is 21.9. The van der Waals surface area contributed by atoms with Gasteiger partial charge in [-0.3, -0.25) is 9.69 Å². The molecule has 1 amide bonds. The molecule has 5 nitrogen and oxygen atoms in total. The van der Waals surface area contributed by atoms with Crippen LogP contribution in [0, 0.1) is 5.82 Å². The van der Waals surface area contributed by atoms with E-state index in [9.17, 15) is 9.18 Å². The highest BCUT2D eigenvalue weighted by Gasteiger charge is 2.31. The van der Waals surface area contributed by atoms with Gasteiger partial charge >= 0.3 is 0 Å². The van der Waals surface area contributed by atoms with E-state index in [-0.39, 0.29) is 11.7 Å². The number of hydrogen-bond acceptors (Lipinski definition) is 4. The van der Waals surface area contributed by atoms with Crippen LogP contribution in [-0.4, -0.2) is 49.6 Å². The lowest BCUT2D eigenvalue weighted by atomic mass is 9.83. The van der Waals surface area contributed by atoms with Gasteiger partial charge in [0.05, 0.1) is 5.69 Å². The third kappa shape index (κ3) is 5.16. The fourth-order valence-electron chi connectivity index (χ4n) is 5.50. The smallest absolute Gasteiger partial charge is 0.265 e. The summed E-state index contributed by atoms with van der Waals surface area (Å²) in [5.74, 6) is 1.23. The molecule has 3 aliphatic rings. The molecule has 1 atom stereocenters. The van der Waals surface area contributed by atoms with Gasteiger partial charge in [0, 0.05) is 31.9 Å². The second kappa shape index (κ2) is 10.1. The van der Waals surface area contributed by atoms with Crippen LogP contribution in [0.5, 0.6) is 5.75 Å². The van der Waals surface area contributed by atoms with Crippen molar-refractivity contribution in [3.63, 3.8) is 0 Å². The Morgan fingerprint density at radius 2 is 1.73 bits per heavy atom. The lowest BCUT2D eigenvalue weighted by Crippen LogP contribution is -2.47. The van der Waals surface area contributed by atoms with Crippen molar-refractivity contribution < 1.29 is 13.9 Å². The van der Waals surface area contributed by atoms with Crippen LogP contribution in [0.2, 0.25) is 0 Å². The third-order valence-corrected chi connectivity index (χ3v) is 7.41. The minimum atomic E-state index is -0.414. The molecule has 176 valence electrons. The first-order valence-electron chi connectivity index (χ1n) is 12.5. The van der Waals surface area contributed by atoms with Crippen LogP contribution in [0.15, 0.2) is 42.5 Å². The number of carbonyl (C=O) groups is 1. The van der Waals surface area contributed by atoms with E-state index in [1.54, 1.807) is 0 Å². The fraction of sp³-hybridized carbons (Fsp3) is 0.519. The number of carbonyl (C=O) groups excluding carboxylic acids is 1. The van der Waals surface area contributed by atoms with Crippen LogP contribution in [0.25, 0.3) is 0 Å². The van der Waals surface area contributed by atoms with Gasteiger partial charge in [0.1, 0.15) is 11.6 Å². The van der Waals surface area contributed by atoms with Crippen molar-refractivity contribution in [2.75, 3.05) is 42.9 Å². The summed E-state index contributed by atoms with van der Waals surface area (Å²) in [6.07, 6.45) is 7.53. The number of halogens is 1. The lowest BCUT2D eigenvalue weighted by Gasteiger charge is -2.36. The van der Waals surface area contributed by atoms with Crippen molar-refractivity contribution in [1.82, 2.24) is 4.90 Å². The standard InChI is InChI=1S/C27H34FN3O2/c28-21-11-13-22(14-12-21)31-18-16-30(17-19-31)15-5-10-25-27(32)29-24-9-4-8-23(26(24)33-25)20-6-2-1-3-7-20/h4,8-9,11-14,20,25H,1-3,5-7,10,15-19H2,(H,29,32). The second-order valence-corrected chi connectivity index (χ2v) is 9.60.